The van der Waals surface area contributed by atoms with Gasteiger partial charge in [-0.2, -0.15) is 0 Å². The van der Waals surface area contributed by atoms with E-state index in [1.807, 2.05) is 6.07 Å². The van der Waals surface area contributed by atoms with Crippen LogP contribution in [0.1, 0.15) is 37.7 Å². The summed E-state index contributed by atoms with van der Waals surface area (Å²) in [5, 5.41) is 3.87. The van der Waals surface area contributed by atoms with Crippen molar-refractivity contribution in [1.82, 2.24) is 5.32 Å². The van der Waals surface area contributed by atoms with Crippen molar-refractivity contribution >= 4 is 0 Å². The lowest BCUT2D eigenvalue weighted by molar-refractivity contribution is -0.0143. The third kappa shape index (κ3) is 2.40. The van der Waals surface area contributed by atoms with Crippen molar-refractivity contribution < 1.29 is 9.47 Å². The van der Waals surface area contributed by atoms with Gasteiger partial charge in [-0.15, -0.1) is 0 Å². The van der Waals surface area contributed by atoms with Crippen LogP contribution in [-0.2, 0) is 6.54 Å². The average Bonchev–Trinajstić information content (AvgIpc) is 2.53. The average molecular weight is 301 g/mol. The molecule has 0 radical (unpaired) electrons. The number of benzene rings is 1. The summed E-state index contributed by atoms with van der Waals surface area (Å²) in [5.74, 6) is 5.59. The maximum absolute atomic E-state index is 5.56. The van der Waals surface area contributed by atoms with Crippen molar-refractivity contribution in [3.63, 3.8) is 0 Å². The maximum atomic E-state index is 5.56. The Bertz CT molecular complexity index is 514. The first-order valence-corrected chi connectivity index (χ1v) is 8.71. The van der Waals surface area contributed by atoms with E-state index in [0.717, 1.165) is 41.7 Å². The fraction of sp³-hybridized carbons (Fsp3) is 0.684. The Morgan fingerprint density at radius 3 is 2.23 bits per heavy atom. The zero-order valence-corrected chi connectivity index (χ0v) is 13.7. The Morgan fingerprint density at radius 2 is 1.64 bits per heavy atom. The summed E-state index contributed by atoms with van der Waals surface area (Å²) in [6.45, 7) is 0.882. The minimum atomic E-state index is 0.712. The van der Waals surface area contributed by atoms with Crippen molar-refractivity contribution in [3.05, 3.63) is 23.8 Å². The Labute approximate surface area is 133 Å². The van der Waals surface area contributed by atoms with Crippen molar-refractivity contribution in [1.29, 1.82) is 0 Å². The SMILES string of the molecule is COc1cccc(CNC2C3CC4CC(C3)CC2C4)c1OC. The molecule has 1 N–H and O–H groups in total. The molecular formula is C19H27NO2. The van der Waals surface area contributed by atoms with E-state index in [-0.39, 0.29) is 0 Å². The molecule has 4 saturated carbocycles. The van der Waals surface area contributed by atoms with E-state index < -0.39 is 0 Å². The minimum absolute atomic E-state index is 0.712. The van der Waals surface area contributed by atoms with Crippen LogP contribution in [0.3, 0.4) is 0 Å². The van der Waals surface area contributed by atoms with Crippen LogP contribution in [0.4, 0.5) is 0 Å². The molecule has 0 atom stereocenters. The Hall–Kier alpha value is -1.22. The third-order valence-electron chi connectivity index (χ3n) is 6.24. The molecule has 22 heavy (non-hydrogen) atoms. The van der Waals surface area contributed by atoms with E-state index in [4.69, 9.17) is 9.47 Å². The van der Waals surface area contributed by atoms with Crippen molar-refractivity contribution in [2.75, 3.05) is 14.2 Å². The summed E-state index contributed by atoms with van der Waals surface area (Å²) < 4.78 is 11.0. The summed E-state index contributed by atoms with van der Waals surface area (Å²) in [5.41, 5.74) is 1.20. The quantitative estimate of drug-likeness (QED) is 0.901. The van der Waals surface area contributed by atoms with Crippen LogP contribution in [0.15, 0.2) is 18.2 Å². The molecule has 0 spiro atoms. The largest absolute Gasteiger partial charge is 0.493 e. The molecular weight excluding hydrogens is 274 g/mol. The second-order valence-corrected chi connectivity index (χ2v) is 7.49. The lowest BCUT2D eigenvalue weighted by atomic mass is 9.54. The zero-order valence-electron chi connectivity index (χ0n) is 13.7. The summed E-state index contributed by atoms with van der Waals surface area (Å²) in [4.78, 5) is 0. The van der Waals surface area contributed by atoms with Gasteiger partial charge in [-0.05, 0) is 61.8 Å². The number of hydrogen-bond acceptors (Lipinski definition) is 3. The van der Waals surface area contributed by atoms with Crippen LogP contribution < -0.4 is 14.8 Å². The molecule has 0 aromatic heterocycles. The van der Waals surface area contributed by atoms with E-state index in [2.05, 4.69) is 17.4 Å². The van der Waals surface area contributed by atoms with Crippen LogP contribution in [0, 0.1) is 23.7 Å². The summed E-state index contributed by atoms with van der Waals surface area (Å²) in [6.07, 6.45) is 7.35. The maximum Gasteiger partial charge on any atom is 0.165 e. The normalized spacial score (nSPS) is 35.6. The Kier molecular flexibility index (Phi) is 3.77. The van der Waals surface area contributed by atoms with Crippen LogP contribution in [0.2, 0.25) is 0 Å². The molecule has 5 rings (SSSR count). The number of para-hydroxylation sites is 1. The highest BCUT2D eigenvalue weighted by atomic mass is 16.5. The van der Waals surface area contributed by atoms with Crippen LogP contribution >= 0.6 is 0 Å². The topological polar surface area (TPSA) is 30.5 Å². The second-order valence-electron chi connectivity index (χ2n) is 7.49. The van der Waals surface area contributed by atoms with E-state index in [1.54, 1.807) is 14.2 Å². The lowest BCUT2D eigenvalue weighted by Crippen LogP contribution is -2.54. The molecule has 3 nitrogen and oxygen atoms in total. The van der Waals surface area contributed by atoms with Crippen molar-refractivity contribution in [2.45, 2.75) is 44.7 Å². The number of methoxy groups -OCH3 is 2. The van der Waals surface area contributed by atoms with Gasteiger partial charge in [-0.3, -0.25) is 0 Å². The molecule has 3 heteroatoms. The first kappa shape index (κ1) is 14.4. The van der Waals surface area contributed by atoms with Gasteiger partial charge in [0.1, 0.15) is 0 Å². The molecule has 4 bridgehead atoms. The first-order valence-electron chi connectivity index (χ1n) is 8.71. The monoisotopic (exact) mass is 301 g/mol. The Balaban J connectivity index is 1.47. The number of ether oxygens (including phenoxy) is 2. The highest BCUT2D eigenvalue weighted by Gasteiger charge is 2.47. The predicted octanol–water partition coefficient (Wildman–Crippen LogP) is 3.62. The van der Waals surface area contributed by atoms with Gasteiger partial charge in [-0.1, -0.05) is 12.1 Å². The van der Waals surface area contributed by atoms with Gasteiger partial charge < -0.3 is 14.8 Å². The number of nitrogens with one attached hydrogen (secondary N) is 1. The zero-order chi connectivity index (χ0) is 15.1. The fourth-order valence-electron chi connectivity index (χ4n) is 5.58. The van der Waals surface area contributed by atoms with Gasteiger partial charge in [0.25, 0.3) is 0 Å². The fourth-order valence-corrected chi connectivity index (χ4v) is 5.58. The molecule has 0 amide bonds. The molecule has 1 aromatic rings. The highest BCUT2D eigenvalue weighted by molar-refractivity contribution is 5.46. The smallest absolute Gasteiger partial charge is 0.165 e. The van der Waals surface area contributed by atoms with E-state index in [9.17, 15) is 0 Å². The van der Waals surface area contributed by atoms with Crippen molar-refractivity contribution in [3.8, 4) is 11.5 Å². The second kappa shape index (κ2) is 5.77. The van der Waals surface area contributed by atoms with Gasteiger partial charge >= 0.3 is 0 Å². The molecule has 4 aliphatic carbocycles. The standard InChI is InChI=1S/C19H27NO2/c1-21-17-5-3-4-14(19(17)22-2)11-20-18-15-7-12-6-13(9-15)10-16(18)8-12/h3-5,12-13,15-16,18,20H,6-11H2,1-2H3. The van der Waals surface area contributed by atoms with Gasteiger partial charge in [-0.25, -0.2) is 0 Å². The molecule has 0 saturated heterocycles. The van der Waals surface area contributed by atoms with Crippen LogP contribution in [0.25, 0.3) is 0 Å². The molecule has 0 heterocycles. The minimum Gasteiger partial charge on any atom is -0.493 e. The third-order valence-corrected chi connectivity index (χ3v) is 6.24. The molecule has 4 fully saturated rings. The summed E-state index contributed by atoms with van der Waals surface area (Å²) >= 11 is 0. The molecule has 4 aliphatic rings. The number of hydrogen-bond donors (Lipinski definition) is 1. The van der Waals surface area contributed by atoms with Gasteiger partial charge in [0.15, 0.2) is 11.5 Å². The van der Waals surface area contributed by atoms with Crippen molar-refractivity contribution in [2.24, 2.45) is 23.7 Å². The van der Waals surface area contributed by atoms with Gasteiger partial charge in [0, 0.05) is 18.2 Å². The molecule has 1 aromatic carbocycles. The van der Waals surface area contributed by atoms with Crippen LogP contribution in [-0.4, -0.2) is 20.3 Å². The van der Waals surface area contributed by atoms with Gasteiger partial charge in [0.05, 0.1) is 14.2 Å². The summed E-state index contributed by atoms with van der Waals surface area (Å²) in [6, 6.07) is 6.87. The van der Waals surface area contributed by atoms with E-state index >= 15 is 0 Å². The predicted molar refractivity (Wildman–Crippen MR) is 87.2 cm³/mol. The highest BCUT2D eigenvalue weighted by Crippen LogP contribution is 2.53. The lowest BCUT2D eigenvalue weighted by Gasteiger charge is -2.54. The first-order chi connectivity index (χ1) is 10.8. The molecule has 0 aliphatic heterocycles. The molecule has 0 unspecified atom stereocenters. The Morgan fingerprint density at radius 1 is 0.955 bits per heavy atom. The van der Waals surface area contributed by atoms with Crippen LogP contribution in [0.5, 0.6) is 11.5 Å². The van der Waals surface area contributed by atoms with E-state index in [0.29, 0.717) is 6.04 Å². The van der Waals surface area contributed by atoms with Gasteiger partial charge in [0.2, 0.25) is 0 Å². The number of rotatable bonds is 5. The summed E-state index contributed by atoms with van der Waals surface area (Å²) in [7, 11) is 3.43. The molecule has 120 valence electrons. The van der Waals surface area contributed by atoms with E-state index in [1.165, 1.54) is 37.7 Å².